The number of amides is 1. The fourth-order valence-electron chi connectivity index (χ4n) is 2.39. The first-order chi connectivity index (χ1) is 11.9. The van der Waals surface area contributed by atoms with Gasteiger partial charge in [0.05, 0.1) is 24.1 Å². The molecule has 7 nitrogen and oxygen atoms in total. The molecule has 0 aromatic heterocycles. The Kier molecular flexibility index (Phi) is 5.94. The molecule has 0 saturated carbocycles. The number of aryl methyl sites for hydroxylation is 1. The van der Waals surface area contributed by atoms with E-state index in [1.807, 2.05) is 32.0 Å². The third-order valence-electron chi connectivity index (χ3n) is 3.63. The molecule has 0 saturated heterocycles. The molecule has 0 aliphatic heterocycles. The predicted molar refractivity (Wildman–Crippen MR) is 92.9 cm³/mol. The second kappa shape index (κ2) is 8.14. The van der Waals surface area contributed by atoms with Crippen LogP contribution in [0.25, 0.3) is 0 Å². The average molecular weight is 344 g/mol. The van der Waals surface area contributed by atoms with Crippen LogP contribution >= 0.6 is 0 Å². The van der Waals surface area contributed by atoms with E-state index in [4.69, 9.17) is 9.47 Å². The van der Waals surface area contributed by atoms with Crippen molar-refractivity contribution in [3.8, 4) is 11.5 Å². The molecule has 0 heterocycles. The molecule has 0 aliphatic carbocycles. The number of nitro groups is 1. The van der Waals surface area contributed by atoms with Crippen molar-refractivity contribution < 1.29 is 19.2 Å². The third kappa shape index (κ3) is 4.94. The normalized spacial score (nSPS) is 11.5. The minimum absolute atomic E-state index is 0.0872. The molecule has 0 fully saturated rings. The number of non-ortho nitro benzene ring substituents is 1. The molecule has 0 spiro atoms. The summed E-state index contributed by atoms with van der Waals surface area (Å²) in [6, 6.07) is 11.2. The first kappa shape index (κ1) is 18.3. The summed E-state index contributed by atoms with van der Waals surface area (Å²) in [5, 5.41) is 13.6. The van der Waals surface area contributed by atoms with E-state index in [0.717, 1.165) is 11.1 Å². The van der Waals surface area contributed by atoms with Gasteiger partial charge in [-0.2, -0.15) is 0 Å². The summed E-state index contributed by atoms with van der Waals surface area (Å²) in [6.07, 6.45) is 0. The lowest BCUT2D eigenvalue weighted by molar-refractivity contribution is -0.384. The maximum atomic E-state index is 12.1. The van der Waals surface area contributed by atoms with Gasteiger partial charge in [-0.1, -0.05) is 23.8 Å². The summed E-state index contributed by atoms with van der Waals surface area (Å²) < 4.78 is 10.6. The van der Waals surface area contributed by atoms with Crippen LogP contribution in [0.3, 0.4) is 0 Å². The molecule has 1 N–H and O–H groups in total. The van der Waals surface area contributed by atoms with Crippen molar-refractivity contribution in [2.45, 2.75) is 19.9 Å². The van der Waals surface area contributed by atoms with Gasteiger partial charge in [-0.15, -0.1) is 0 Å². The molecule has 0 unspecified atom stereocenters. The standard InChI is InChI=1S/C18H20N2O5/c1-12-7-8-17(24-3)16(9-12)13(2)19-18(21)11-25-15-6-4-5-14(10-15)20(22)23/h4-10,13H,11H2,1-3H3,(H,19,21)/t13-/m0/s1. The lowest BCUT2D eigenvalue weighted by Gasteiger charge is -2.18. The van der Waals surface area contributed by atoms with Gasteiger partial charge in [-0.25, -0.2) is 0 Å². The van der Waals surface area contributed by atoms with E-state index >= 15 is 0 Å². The number of nitro benzene ring substituents is 1. The Bertz CT molecular complexity index is 776. The van der Waals surface area contributed by atoms with Gasteiger partial charge in [0.2, 0.25) is 0 Å². The van der Waals surface area contributed by atoms with Gasteiger partial charge in [0, 0.05) is 11.6 Å². The topological polar surface area (TPSA) is 90.7 Å². The molecule has 2 aromatic rings. The molecule has 0 radical (unpaired) electrons. The lowest BCUT2D eigenvalue weighted by atomic mass is 10.0. The fourth-order valence-corrected chi connectivity index (χ4v) is 2.39. The van der Waals surface area contributed by atoms with Crippen LogP contribution in [0.2, 0.25) is 0 Å². The molecule has 0 bridgehead atoms. The molecule has 1 atom stereocenters. The van der Waals surface area contributed by atoms with Crippen LogP contribution in [-0.4, -0.2) is 24.5 Å². The molecule has 2 rings (SSSR count). The van der Waals surface area contributed by atoms with E-state index in [1.54, 1.807) is 13.2 Å². The number of benzene rings is 2. The Morgan fingerprint density at radius 2 is 2.04 bits per heavy atom. The van der Waals surface area contributed by atoms with Gasteiger partial charge in [0.15, 0.2) is 6.61 Å². The van der Waals surface area contributed by atoms with Crippen molar-refractivity contribution in [1.82, 2.24) is 5.32 Å². The predicted octanol–water partition coefficient (Wildman–Crippen LogP) is 3.17. The van der Waals surface area contributed by atoms with E-state index in [0.29, 0.717) is 5.75 Å². The Labute approximate surface area is 145 Å². The Hall–Kier alpha value is -3.09. The van der Waals surface area contributed by atoms with Gasteiger partial charge in [0.25, 0.3) is 11.6 Å². The monoisotopic (exact) mass is 344 g/mol. The van der Waals surface area contributed by atoms with Crippen LogP contribution in [0, 0.1) is 17.0 Å². The van der Waals surface area contributed by atoms with E-state index in [1.165, 1.54) is 18.2 Å². The van der Waals surface area contributed by atoms with Crippen molar-refractivity contribution in [3.63, 3.8) is 0 Å². The van der Waals surface area contributed by atoms with Crippen LogP contribution < -0.4 is 14.8 Å². The first-order valence-corrected chi connectivity index (χ1v) is 7.72. The highest BCUT2D eigenvalue weighted by Gasteiger charge is 2.15. The van der Waals surface area contributed by atoms with Crippen molar-refractivity contribution >= 4 is 11.6 Å². The summed E-state index contributed by atoms with van der Waals surface area (Å²) in [7, 11) is 1.58. The number of nitrogens with zero attached hydrogens (tertiary/aromatic N) is 1. The van der Waals surface area contributed by atoms with Crippen LogP contribution in [-0.2, 0) is 4.79 Å². The van der Waals surface area contributed by atoms with Crippen LogP contribution in [0.4, 0.5) is 5.69 Å². The van der Waals surface area contributed by atoms with Crippen molar-refractivity contribution in [1.29, 1.82) is 0 Å². The largest absolute Gasteiger partial charge is 0.496 e. The highest BCUT2D eigenvalue weighted by Crippen LogP contribution is 2.26. The smallest absolute Gasteiger partial charge is 0.273 e. The number of hydrogen-bond acceptors (Lipinski definition) is 5. The summed E-state index contributed by atoms with van der Waals surface area (Å²) in [4.78, 5) is 22.3. The van der Waals surface area contributed by atoms with E-state index < -0.39 is 4.92 Å². The van der Waals surface area contributed by atoms with Crippen LogP contribution in [0.5, 0.6) is 11.5 Å². The van der Waals surface area contributed by atoms with E-state index in [2.05, 4.69) is 5.32 Å². The Balaban J connectivity index is 1.97. The summed E-state index contributed by atoms with van der Waals surface area (Å²) in [5.41, 5.74) is 1.84. The second-order valence-electron chi connectivity index (χ2n) is 5.58. The van der Waals surface area contributed by atoms with E-state index in [9.17, 15) is 14.9 Å². The maximum Gasteiger partial charge on any atom is 0.273 e. The van der Waals surface area contributed by atoms with Crippen molar-refractivity contribution in [2.24, 2.45) is 0 Å². The van der Waals surface area contributed by atoms with Crippen molar-refractivity contribution in [2.75, 3.05) is 13.7 Å². The zero-order valence-electron chi connectivity index (χ0n) is 14.3. The fraction of sp³-hybridized carbons (Fsp3) is 0.278. The summed E-state index contributed by atoms with van der Waals surface area (Å²) in [6.45, 7) is 3.57. The van der Waals surface area contributed by atoms with Gasteiger partial charge in [-0.05, 0) is 26.0 Å². The van der Waals surface area contributed by atoms with Crippen LogP contribution in [0.15, 0.2) is 42.5 Å². The molecular weight excluding hydrogens is 324 g/mol. The second-order valence-corrected chi connectivity index (χ2v) is 5.58. The SMILES string of the molecule is COc1ccc(C)cc1[C@H](C)NC(=O)COc1cccc([N+](=O)[O-])c1. The molecule has 25 heavy (non-hydrogen) atoms. The quantitative estimate of drug-likeness (QED) is 0.615. The summed E-state index contributed by atoms with van der Waals surface area (Å²) >= 11 is 0. The summed E-state index contributed by atoms with van der Waals surface area (Å²) in [5.74, 6) is 0.630. The minimum atomic E-state index is -0.515. The number of methoxy groups -OCH3 is 1. The molecule has 132 valence electrons. The maximum absolute atomic E-state index is 12.1. The zero-order chi connectivity index (χ0) is 18.4. The molecule has 7 heteroatoms. The number of carbonyl (C=O) groups excluding carboxylic acids is 1. The van der Waals surface area contributed by atoms with Gasteiger partial charge in [0.1, 0.15) is 11.5 Å². The van der Waals surface area contributed by atoms with Gasteiger partial charge >= 0.3 is 0 Å². The lowest BCUT2D eigenvalue weighted by Crippen LogP contribution is -2.31. The third-order valence-corrected chi connectivity index (χ3v) is 3.63. The number of carbonyl (C=O) groups is 1. The number of hydrogen-bond donors (Lipinski definition) is 1. The Morgan fingerprint density at radius 3 is 2.72 bits per heavy atom. The minimum Gasteiger partial charge on any atom is -0.496 e. The number of ether oxygens (including phenoxy) is 2. The van der Waals surface area contributed by atoms with Gasteiger partial charge in [-0.3, -0.25) is 14.9 Å². The van der Waals surface area contributed by atoms with Crippen LogP contribution in [0.1, 0.15) is 24.1 Å². The first-order valence-electron chi connectivity index (χ1n) is 7.72. The van der Waals surface area contributed by atoms with Crippen molar-refractivity contribution in [3.05, 3.63) is 63.7 Å². The Morgan fingerprint density at radius 1 is 1.28 bits per heavy atom. The molecule has 1 amide bonds. The van der Waals surface area contributed by atoms with Gasteiger partial charge < -0.3 is 14.8 Å². The molecular formula is C18H20N2O5. The average Bonchev–Trinajstić information content (AvgIpc) is 2.60. The zero-order valence-corrected chi connectivity index (χ0v) is 14.3. The number of nitrogens with one attached hydrogen (secondary N) is 1. The molecule has 0 aliphatic rings. The van der Waals surface area contributed by atoms with E-state index in [-0.39, 0.29) is 30.0 Å². The number of rotatable bonds is 7. The highest BCUT2D eigenvalue weighted by atomic mass is 16.6. The highest BCUT2D eigenvalue weighted by molar-refractivity contribution is 5.78. The molecule has 2 aromatic carbocycles.